The van der Waals surface area contributed by atoms with Gasteiger partial charge in [-0.15, -0.1) is 0 Å². The first kappa shape index (κ1) is 26.2. The predicted octanol–water partition coefficient (Wildman–Crippen LogP) is 2.79. The van der Waals surface area contributed by atoms with E-state index in [2.05, 4.69) is 5.32 Å². The molecule has 0 spiro atoms. The highest BCUT2D eigenvalue weighted by molar-refractivity contribution is 7.92. The Morgan fingerprint density at radius 1 is 1.06 bits per heavy atom. The van der Waals surface area contributed by atoms with E-state index in [4.69, 9.17) is 4.74 Å². The Kier molecular flexibility index (Phi) is 9.72. The fraction of sp³-hybridized carbons (Fsp3) is 0.417. The summed E-state index contributed by atoms with van der Waals surface area (Å²) in [7, 11) is -1.92. The number of amides is 2. The van der Waals surface area contributed by atoms with Gasteiger partial charge in [-0.1, -0.05) is 30.3 Å². The van der Waals surface area contributed by atoms with Crippen molar-refractivity contribution in [3.05, 3.63) is 60.2 Å². The van der Waals surface area contributed by atoms with Gasteiger partial charge in [0.1, 0.15) is 11.8 Å². The molecule has 2 rings (SSSR count). The zero-order valence-corrected chi connectivity index (χ0v) is 20.5. The standard InChI is InChI=1S/C24H33N3O5S/c1-5-25-24(29)19(2)26(18-20-13-15-22(32-3)16-14-20)23(28)12-9-17-27(33(4,30)31)21-10-7-6-8-11-21/h6-8,10-11,13-16,19H,5,9,12,17-18H2,1-4H3,(H,25,29)/t19-/m1/s1. The van der Waals surface area contributed by atoms with Crippen LogP contribution in [0.5, 0.6) is 5.75 Å². The summed E-state index contributed by atoms with van der Waals surface area (Å²) in [5.41, 5.74) is 1.42. The highest BCUT2D eigenvalue weighted by Crippen LogP contribution is 2.19. The van der Waals surface area contributed by atoms with Crippen molar-refractivity contribution in [3.8, 4) is 5.75 Å². The minimum absolute atomic E-state index is 0.110. The number of nitrogens with zero attached hydrogens (tertiary/aromatic N) is 2. The summed E-state index contributed by atoms with van der Waals surface area (Å²) >= 11 is 0. The zero-order valence-electron chi connectivity index (χ0n) is 19.7. The van der Waals surface area contributed by atoms with Crippen LogP contribution in [0.1, 0.15) is 32.3 Å². The maximum absolute atomic E-state index is 13.1. The fourth-order valence-electron chi connectivity index (χ4n) is 3.43. The van der Waals surface area contributed by atoms with Crippen molar-refractivity contribution in [2.24, 2.45) is 0 Å². The van der Waals surface area contributed by atoms with Gasteiger partial charge < -0.3 is 15.0 Å². The number of nitrogens with one attached hydrogen (secondary N) is 1. The molecule has 0 saturated heterocycles. The molecule has 0 saturated carbocycles. The molecule has 8 nitrogen and oxygen atoms in total. The van der Waals surface area contributed by atoms with E-state index in [1.807, 2.05) is 25.1 Å². The summed E-state index contributed by atoms with van der Waals surface area (Å²) in [5, 5.41) is 2.76. The second kappa shape index (κ2) is 12.2. The number of methoxy groups -OCH3 is 1. The third-order valence-electron chi connectivity index (χ3n) is 5.23. The highest BCUT2D eigenvalue weighted by Gasteiger charge is 2.26. The van der Waals surface area contributed by atoms with Crippen molar-refractivity contribution >= 4 is 27.5 Å². The molecule has 33 heavy (non-hydrogen) atoms. The van der Waals surface area contributed by atoms with Gasteiger partial charge in [0, 0.05) is 26.1 Å². The Morgan fingerprint density at radius 3 is 2.24 bits per heavy atom. The van der Waals surface area contributed by atoms with Crippen LogP contribution in [0.3, 0.4) is 0 Å². The molecule has 2 aromatic rings. The van der Waals surface area contributed by atoms with E-state index >= 15 is 0 Å². The molecule has 1 atom stereocenters. The van der Waals surface area contributed by atoms with E-state index in [1.165, 1.54) is 9.21 Å². The third-order valence-corrected chi connectivity index (χ3v) is 6.42. The Balaban J connectivity index is 2.13. The molecule has 2 amide bonds. The molecule has 0 unspecified atom stereocenters. The van der Waals surface area contributed by atoms with Crippen LogP contribution in [0.25, 0.3) is 0 Å². The van der Waals surface area contributed by atoms with Crippen LogP contribution < -0.4 is 14.4 Å². The van der Waals surface area contributed by atoms with Crippen molar-refractivity contribution in [1.82, 2.24) is 10.2 Å². The van der Waals surface area contributed by atoms with Crippen LogP contribution in [0.4, 0.5) is 5.69 Å². The maximum Gasteiger partial charge on any atom is 0.242 e. The second-order valence-electron chi connectivity index (χ2n) is 7.71. The number of rotatable bonds is 12. The first-order chi connectivity index (χ1) is 15.7. The van der Waals surface area contributed by atoms with Crippen LogP contribution in [0.15, 0.2) is 54.6 Å². The molecule has 0 heterocycles. The summed E-state index contributed by atoms with van der Waals surface area (Å²) in [5.74, 6) is 0.252. The number of carbonyl (C=O) groups excluding carboxylic acids is 2. The first-order valence-corrected chi connectivity index (χ1v) is 12.7. The van der Waals surface area contributed by atoms with E-state index < -0.39 is 16.1 Å². The van der Waals surface area contributed by atoms with Crippen LogP contribution >= 0.6 is 0 Å². The topological polar surface area (TPSA) is 96.0 Å². The van der Waals surface area contributed by atoms with Gasteiger partial charge in [-0.2, -0.15) is 0 Å². The van der Waals surface area contributed by atoms with Gasteiger partial charge in [0.2, 0.25) is 21.8 Å². The molecule has 0 aliphatic heterocycles. The Hall–Kier alpha value is -3.07. The molecule has 0 fully saturated rings. The van der Waals surface area contributed by atoms with Crippen LogP contribution in [0, 0.1) is 0 Å². The lowest BCUT2D eigenvalue weighted by Gasteiger charge is -2.29. The van der Waals surface area contributed by atoms with Crippen LogP contribution in [-0.2, 0) is 26.2 Å². The van der Waals surface area contributed by atoms with E-state index in [0.717, 1.165) is 11.8 Å². The molecule has 0 aromatic heterocycles. The van der Waals surface area contributed by atoms with Gasteiger partial charge in [-0.25, -0.2) is 8.42 Å². The Bertz CT molecular complexity index is 1010. The van der Waals surface area contributed by atoms with E-state index in [0.29, 0.717) is 24.4 Å². The molecule has 2 aromatic carbocycles. The monoisotopic (exact) mass is 475 g/mol. The summed E-state index contributed by atoms with van der Waals surface area (Å²) in [6, 6.07) is 15.4. The lowest BCUT2D eigenvalue weighted by atomic mass is 10.1. The average molecular weight is 476 g/mol. The van der Waals surface area contributed by atoms with Gasteiger partial charge in [0.25, 0.3) is 0 Å². The molecule has 0 aliphatic carbocycles. The van der Waals surface area contributed by atoms with E-state index in [-0.39, 0.29) is 31.3 Å². The smallest absolute Gasteiger partial charge is 0.242 e. The van der Waals surface area contributed by atoms with Crippen molar-refractivity contribution < 1.29 is 22.7 Å². The fourth-order valence-corrected chi connectivity index (χ4v) is 4.40. The van der Waals surface area contributed by atoms with Crippen molar-refractivity contribution in [1.29, 1.82) is 0 Å². The van der Waals surface area contributed by atoms with Crippen molar-refractivity contribution in [2.75, 3.05) is 30.8 Å². The SMILES string of the molecule is CCNC(=O)[C@@H](C)N(Cc1ccc(OC)cc1)C(=O)CCCN(c1ccccc1)S(C)(=O)=O. The van der Waals surface area contributed by atoms with E-state index in [9.17, 15) is 18.0 Å². The largest absolute Gasteiger partial charge is 0.497 e. The molecule has 0 bridgehead atoms. The van der Waals surface area contributed by atoms with Gasteiger partial charge in [-0.3, -0.25) is 13.9 Å². The highest BCUT2D eigenvalue weighted by atomic mass is 32.2. The summed E-state index contributed by atoms with van der Waals surface area (Å²) in [4.78, 5) is 27.1. The van der Waals surface area contributed by atoms with E-state index in [1.54, 1.807) is 50.4 Å². The molecular formula is C24H33N3O5S. The predicted molar refractivity (Wildman–Crippen MR) is 130 cm³/mol. The molecule has 1 N–H and O–H groups in total. The Labute approximate surface area is 196 Å². The number of para-hydroxylation sites is 1. The number of ether oxygens (including phenoxy) is 1. The zero-order chi connectivity index (χ0) is 24.4. The first-order valence-electron chi connectivity index (χ1n) is 10.9. The minimum Gasteiger partial charge on any atom is -0.497 e. The molecule has 0 radical (unpaired) electrons. The maximum atomic E-state index is 13.1. The number of benzene rings is 2. The summed E-state index contributed by atoms with van der Waals surface area (Å²) in [6.45, 7) is 4.41. The van der Waals surface area contributed by atoms with Gasteiger partial charge in [0.15, 0.2) is 0 Å². The number of carbonyl (C=O) groups is 2. The lowest BCUT2D eigenvalue weighted by molar-refractivity contribution is -0.140. The normalized spacial score (nSPS) is 12.0. The summed E-state index contributed by atoms with van der Waals surface area (Å²) in [6.07, 6.45) is 1.58. The van der Waals surface area contributed by atoms with Gasteiger partial charge in [-0.05, 0) is 50.1 Å². The molecular weight excluding hydrogens is 442 g/mol. The van der Waals surface area contributed by atoms with Gasteiger partial charge >= 0.3 is 0 Å². The van der Waals surface area contributed by atoms with Crippen LogP contribution in [-0.4, -0.2) is 57.6 Å². The number of hydrogen-bond donors (Lipinski definition) is 1. The molecule has 9 heteroatoms. The molecule has 0 aliphatic rings. The minimum atomic E-state index is -3.50. The number of anilines is 1. The average Bonchev–Trinajstić information content (AvgIpc) is 2.80. The number of likely N-dealkylation sites (N-methyl/N-ethyl adjacent to an activating group) is 1. The quantitative estimate of drug-likeness (QED) is 0.509. The van der Waals surface area contributed by atoms with Crippen molar-refractivity contribution in [2.45, 2.75) is 39.3 Å². The third kappa shape index (κ3) is 7.78. The number of hydrogen-bond acceptors (Lipinski definition) is 5. The van der Waals surface area contributed by atoms with Crippen molar-refractivity contribution in [3.63, 3.8) is 0 Å². The molecule has 180 valence electrons. The summed E-state index contributed by atoms with van der Waals surface area (Å²) < 4.78 is 31.0. The lowest BCUT2D eigenvalue weighted by Crippen LogP contribution is -2.47. The van der Waals surface area contributed by atoms with Gasteiger partial charge in [0.05, 0.1) is 19.1 Å². The second-order valence-corrected chi connectivity index (χ2v) is 9.62. The Morgan fingerprint density at radius 2 is 1.70 bits per heavy atom. The number of sulfonamides is 1. The van der Waals surface area contributed by atoms with Crippen LogP contribution in [0.2, 0.25) is 0 Å².